The number of nitrogens with zero attached hydrogens (tertiary/aromatic N) is 4. The van der Waals surface area contributed by atoms with E-state index in [-0.39, 0.29) is 12.2 Å². The molecule has 1 aliphatic heterocycles. The van der Waals surface area contributed by atoms with Crippen molar-refractivity contribution in [1.82, 2.24) is 25.1 Å². The summed E-state index contributed by atoms with van der Waals surface area (Å²) in [7, 11) is 0. The minimum atomic E-state index is -0.00158. The minimum absolute atomic E-state index is 0.00158. The van der Waals surface area contributed by atoms with Crippen LogP contribution in [0.2, 0.25) is 0 Å². The number of fused-ring (bicyclic) bond motifs is 1. The molecule has 1 fully saturated rings. The van der Waals surface area contributed by atoms with E-state index in [1.54, 1.807) is 6.20 Å². The Kier molecular flexibility index (Phi) is 5.25. The smallest absolute Gasteiger partial charge is 0.187 e. The second-order valence-corrected chi connectivity index (χ2v) is 8.98. The summed E-state index contributed by atoms with van der Waals surface area (Å²) in [6.45, 7) is 8.25. The van der Waals surface area contributed by atoms with Crippen LogP contribution < -0.4 is 4.90 Å². The lowest BCUT2D eigenvalue weighted by Gasteiger charge is -2.32. The molecule has 4 aromatic rings. The van der Waals surface area contributed by atoms with E-state index in [1.807, 2.05) is 32.2 Å². The van der Waals surface area contributed by atoms with Crippen molar-refractivity contribution in [2.75, 3.05) is 18.0 Å². The van der Waals surface area contributed by atoms with Crippen LogP contribution in [0.5, 0.6) is 0 Å². The number of carbonyl (C=O) groups is 1. The molecule has 0 spiro atoms. The quantitative estimate of drug-likeness (QED) is 0.453. The highest BCUT2D eigenvalue weighted by molar-refractivity contribution is 5.97. The van der Waals surface area contributed by atoms with E-state index in [0.29, 0.717) is 11.6 Å². The Morgan fingerprint density at radius 2 is 2.09 bits per heavy atom. The summed E-state index contributed by atoms with van der Waals surface area (Å²) in [6.07, 6.45) is 6.42. The number of hydrogen-bond donors (Lipinski definition) is 2. The minimum Gasteiger partial charge on any atom is -0.356 e. The van der Waals surface area contributed by atoms with Gasteiger partial charge in [0, 0.05) is 59.8 Å². The number of aryl methyl sites for hydroxylation is 1. The van der Waals surface area contributed by atoms with Crippen LogP contribution >= 0.6 is 0 Å². The lowest BCUT2D eigenvalue weighted by atomic mass is 10.0. The summed E-state index contributed by atoms with van der Waals surface area (Å²) in [5.74, 6) is 1.72. The van der Waals surface area contributed by atoms with Crippen molar-refractivity contribution in [3.05, 3.63) is 59.2 Å². The number of hydrogen-bond acceptors (Lipinski definition) is 5. The molecule has 0 saturated carbocycles. The molecule has 0 amide bonds. The Hall–Kier alpha value is -3.48. The topological polar surface area (TPSA) is 90.6 Å². The summed E-state index contributed by atoms with van der Waals surface area (Å²) in [4.78, 5) is 27.7. The number of aromatic amines is 2. The molecule has 5 rings (SSSR count). The molecule has 1 saturated heterocycles. The number of aromatic nitrogens is 5. The molecule has 1 aliphatic rings. The Morgan fingerprint density at radius 3 is 2.88 bits per heavy atom. The van der Waals surface area contributed by atoms with Crippen molar-refractivity contribution in [2.45, 2.75) is 40.0 Å². The third kappa shape index (κ3) is 3.90. The molecule has 0 radical (unpaired) electrons. The number of nitrogens with one attached hydrogen (secondary N) is 2. The van der Waals surface area contributed by atoms with E-state index < -0.39 is 0 Å². The van der Waals surface area contributed by atoms with Crippen molar-refractivity contribution < 1.29 is 4.79 Å². The van der Waals surface area contributed by atoms with E-state index in [2.05, 4.69) is 49.1 Å². The zero-order chi connectivity index (χ0) is 22.2. The number of carbonyl (C=O) groups excluding carboxylic acids is 1. The van der Waals surface area contributed by atoms with Gasteiger partial charge in [0.2, 0.25) is 0 Å². The van der Waals surface area contributed by atoms with Gasteiger partial charge >= 0.3 is 0 Å². The van der Waals surface area contributed by atoms with Crippen LogP contribution in [0.1, 0.15) is 47.1 Å². The van der Waals surface area contributed by atoms with Crippen LogP contribution in [-0.4, -0.2) is 44.0 Å². The first kappa shape index (κ1) is 20.4. The summed E-state index contributed by atoms with van der Waals surface area (Å²) in [5, 5.41) is 8.03. The fourth-order valence-corrected chi connectivity index (χ4v) is 4.50. The number of H-pyrrole nitrogens is 2. The summed E-state index contributed by atoms with van der Waals surface area (Å²) >= 11 is 0. The van der Waals surface area contributed by atoms with Crippen LogP contribution in [-0.2, 0) is 6.42 Å². The van der Waals surface area contributed by atoms with Crippen LogP contribution in [0.4, 0.5) is 5.82 Å². The maximum Gasteiger partial charge on any atom is 0.187 e. The standard InChI is InChI=1S/C25H28N6O/c1-15-5-4-8-31(14-15)23-12-19(6-7-26-23)21-11-20-9-18(13-27-25(20)28-21)10-22(32)24-16(2)17(3)29-30-24/h6-7,9,11-13,15H,4-5,8,10,14H2,1-3H3,(H,27,28)(H,29,30). The lowest BCUT2D eigenvalue weighted by molar-refractivity contribution is 0.0987. The number of pyridine rings is 2. The third-order valence-corrected chi connectivity index (χ3v) is 6.45. The Bertz CT molecular complexity index is 1290. The summed E-state index contributed by atoms with van der Waals surface area (Å²) in [5.41, 5.74) is 6.12. The second-order valence-electron chi connectivity index (χ2n) is 8.98. The van der Waals surface area contributed by atoms with Crippen molar-refractivity contribution in [2.24, 2.45) is 5.92 Å². The number of rotatable bonds is 5. The van der Waals surface area contributed by atoms with Gasteiger partial charge in [-0.3, -0.25) is 9.89 Å². The molecule has 32 heavy (non-hydrogen) atoms. The number of ketones is 1. The largest absolute Gasteiger partial charge is 0.356 e. The Morgan fingerprint density at radius 1 is 1.22 bits per heavy atom. The second kappa shape index (κ2) is 8.22. The average Bonchev–Trinajstić information content (AvgIpc) is 3.37. The molecule has 0 aromatic carbocycles. The predicted molar refractivity (Wildman–Crippen MR) is 126 cm³/mol. The average molecular weight is 429 g/mol. The van der Waals surface area contributed by atoms with Crippen molar-refractivity contribution in [3.63, 3.8) is 0 Å². The van der Waals surface area contributed by atoms with Crippen molar-refractivity contribution in [1.29, 1.82) is 0 Å². The molecule has 1 atom stereocenters. The van der Waals surface area contributed by atoms with Gasteiger partial charge in [-0.2, -0.15) is 5.10 Å². The molecule has 5 heterocycles. The van der Waals surface area contributed by atoms with Gasteiger partial charge in [-0.15, -0.1) is 0 Å². The van der Waals surface area contributed by atoms with Gasteiger partial charge in [-0.1, -0.05) is 6.92 Å². The first-order chi connectivity index (χ1) is 15.5. The van der Waals surface area contributed by atoms with E-state index in [0.717, 1.165) is 58.0 Å². The van der Waals surface area contributed by atoms with E-state index in [1.165, 1.54) is 12.8 Å². The molecule has 1 unspecified atom stereocenters. The van der Waals surface area contributed by atoms with E-state index >= 15 is 0 Å². The van der Waals surface area contributed by atoms with Gasteiger partial charge in [-0.05, 0) is 62.4 Å². The number of Topliss-reactive ketones (excluding diaryl/α,β-unsaturated/α-hetero) is 1. The molecule has 7 heteroatoms. The zero-order valence-corrected chi connectivity index (χ0v) is 18.8. The first-order valence-corrected chi connectivity index (χ1v) is 11.2. The fourth-order valence-electron chi connectivity index (χ4n) is 4.50. The zero-order valence-electron chi connectivity index (χ0n) is 18.8. The van der Waals surface area contributed by atoms with Gasteiger partial charge in [0.1, 0.15) is 17.2 Å². The van der Waals surface area contributed by atoms with Gasteiger partial charge in [-0.25, -0.2) is 9.97 Å². The molecular formula is C25H28N6O. The molecule has 7 nitrogen and oxygen atoms in total. The van der Waals surface area contributed by atoms with Crippen LogP contribution in [0, 0.1) is 19.8 Å². The highest BCUT2D eigenvalue weighted by atomic mass is 16.1. The monoisotopic (exact) mass is 428 g/mol. The maximum atomic E-state index is 12.7. The van der Waals surface area contributed by atoms with Crippen LogP contribution in [0.3, 0.4) is 0 Å². The van der Waals surface area contributed by atoms with Crippen molar-refractivity contribution >= 4 is 22.6 Å². The molecule has 0 aliphatic carbocycles. The Labute approximate surface area is 187 Å². The van der Waals surface area contributed by atoms with Crippen LogP contribution in [0.15, 0.2) is 36.7 Å². The third-order valence-electron chi connectivity index (χ3n) is 6.45. The van der Waals surface area contributed by atoms with E-state index in [9.17, 15) is 4.79 Å². The lowest BCUT2D eigenvalue weighted by Crippen LogP contribution is -2.34. The Balaban J connectivity index is 1.39. The maximum absolute atomic E-state index is 12.7. The summed E-state index contributed by atoms with van der Waals surface area (Å²) in [6, 6.07) is 8.30. The summed E-state index contributed by atoms with van der Waals surface area (Å²) < 4.78 is 0. The normalized spacial score (nSPS) is 16.6. The molecule has 4 aromatic heterocycles. The number of piperidine rings is 1. The van der Waals surface area contributed by atoms with Gasteiger partial charge in [0.15, 0.2) is 5.78 Å². The number of anilines is 1. The molecule has 164 valence electrons. The first-order valence-electron chi connectivity index (χ1n) is 11.2. The predicted octanol–water partition coefficient (Wildman–Crippen LogP) is 4.63. The SMILES string of the molecule is Cc1[nH]nc(C(=O)Cc2cnc3[nH]c(-c4ccnc(N5CCCC(C)C5)c4)cc3c2)c1C. The van der Waals surface area contributed by atoms with Gasteiger partial charge in [0.25, 0.3) is 0 Å². The molecule has 0 bridgehead atoms. The van der Waals surface area contributed by atoms with Crippen LogP contribution in [0.25, 0.3) is 22.3 Å². The van der Waals surface area contributed by atoms with Gasteiger partial charge in [0.05, 0.1) is 0 Å². The van der Waals surface area contributed by atoms with Crippen molar-refractivity contribution in [3.8, 4) is 11.3 Å². The molecular weight excluding hydrogens is 400 g/mol. The van der Waals surface area contributed by atoms with Gasteiger partial charge < -0.3 is 9.88 Å². The molecule has 2 N–H and O–H groups in total. The highest BCUT2D eigenvalue weighted by Crippen LogP contribution is 2.28. The van der Waals surface area contributed by atoms with E-state index in [4.69, 9.17) is 0 Å². The fraction of sp³-hybridized carbons (Fsp3) is 0.360. The highest BCUT2D eigenvalue weighted by Gasteiger charge is 2.19.